The second-order valence-corrected chi connectivity index (χ2v) is 5.60. The van der Waals surface area contributed by atoms with Gasteiger partial charge in [0.1, 0.15) is 5.56 Å². The smallest absolute Gasteiger partial charge is 0.260 e. The molecule has 0 radical (unpaired) electrons. The number of hydrogen-bond acceptors (Lipinski definition) is 4. The first-order valence-corrected chi connectivity index (χ1v) is 7.13. The van der Waals surface area contributed by atoms with E-state index in [9.17, 15) is 9.59 Å². The predicted molar refractivity (Wildman–Crippen MR) is 80.1 cm³/mol. The van der Waals surface area contributed by atoms with Crippen LogP contribution >= 0.6 is 11.3 Å². The molecule has 5 nitrogen and oxygen atoms in total. The Hall–Kier alpha value is -1.92. The number of nitrogens with zero attached hydrogens (tertiary/aromatic N) is 1. The third-order valence-electron chi connectivity index (χ3n) is 3.01. The van der Waals surface area contributed by atoms with Crippen molar-refractivity contribution in [3.63, 3.8) is 0 Å². The van der Waals surface area contributed by atoms with Crippen molar-refractivity contribution < 1.29 is 4.79 Å². The van der Waals surface area contributed by atoms with Gasteiger partial charge in [-0.3, -0.25) is 9.59 Å². The first-order chi connectivity index (χ1) is 9.59. The third kappa shape index (κ3) is 3.34. The highest BCUT2D eigenvalue weighted by atomic mass is 32.1. The molecule has 0 saturated heterocycles. The fourth-order valence-electron chi connectivity index (χ4n) is 1.90. The number of nitrogens with one attached hydrogen (secondary N) is 2. The lowest BCUT2D eigenvalue weighted by Gasteiger charge is -2.23. The molecule has 2 aromatic rings. The number of H-pyrrole nitrogens is 1. The summed E-state index contributed by atoms with van der Waals surface area (Å²) in [4.78, 5) is 29.3. The molecule has 0 fully saturated rings. The highest BCUT2D eigenvalue weighted by Gasteiger charge is 2.17. The Bertz CT molecular complexity index is 619. The molecule has 0 spiro atoms. The van der Waals surface area contributed by atoms with Crippen molar-refractivity contribution in [2.75, 3.05) is 20.6 Å². The molecule has 2 heterocycles. The van der Waals surface area contributed by atoms with Crippen molar-refractivity contribution in [1.29, 1.82) is 0 Å². The van der Waals surface area contributed by atoms with Crippen molar-refractivity contribution in [2.24, 2.45) is 0 Å². The monoisotopic (exact) mass is 291 g/mol. The minimum atomic E-state index is -0.373. The molecule has 0 aromatic carbocycles. The van der Waals surface area contributed by atoms with Crippen LogP contribution in [-0.2, 0) is 0 Å². The summed E-state index contributed by atoms with van der Waals surface area (Å²) in [5.74, 6) is -0.352. The summed E-state index contributed by atoms with van der Waals surface area (Å²) in [7, 11) is 3.93. The normalized spacial score (nSPS) is 12.3. The minimum Gasteiger partial charge on any atom is -0.350 e. The van der Waals surface area contributed by atoms with Crippen LogP contribution in [0.15, 0.2) is 40.6 Å². The molecule has 2 aromatic heterocycles. The number of aromatic nitrogens is 1. The topological polar surface area (TPSA) is 65.2 Å². The fraction of sp³-hybridized carbons (Fsp3) is 0.286. The lowest BCUT2D eigenvalue weighted by Crippen LogP contribution is -2.36. The SMILES string of the molecule is CN(C)C(CNC(=O)c1ccc[nH]c1=O)c1cccs1. The van der Waals surface area contributed by atoms with E-state index in [1.807, 2.05) is 36.5 Å². The Labute approximate surface area is 121 Å². The average molecular weight is 291 g/mol. The zero-order valence-electron chi connectivity index (χ0n) is 11.4. The zero-order valence-corrected chi connectivity index (χ0v) is 12.2. The van der Waals surface area contributed by atoms with Gasteiger partial charge in [-0.2, -0.15) is 0 Å². The largest absolute Gasteiger partial charge is 0.350 e. The number of hydrogen-bond donors (Lipinski definition) is 2. The number of aromatic amines is 1. The van der Waals surface area contributed by atoms with Crippen molar-refractivity contribution in [3.8, 4) is 0 Å². The molecule has 2 rings (SSSR count). The molecule has 0 aliphatic rings. The molecule has 0 saturated carbocycles. The van der Waals surface area contributed by atoms with Crippen LogP contribution in [-0.4, -0.2) is 36.4 Å². The Morgan fingerprint density at radius 3 is 2.80 bits per heavy atom. The molecule has 0 aliphatic carbocycles. The number of thiophene rings is 1. The molecule has 1 amide bonds. The van der Waals surface area contributed by atoms with E-state index >= 15 is 0 Å². The van der Waals surface area contributed by atoms with Gasteiger partial charge in [-0.15, -0.1) is 11.3 Å². The first-order valence-electron chi connectivity index (χ1n) is 6.25. The number of carbonyl (C=O) groups is 1. The Balaban J connectivity index is 2.05. The Morgan fingerprint density at radius 2 is 2.20 bits per heavy atom. The van der Waals surface area contributed by atoms with Gasteiger partial charge in [-0.05, 0) is 37.7 Å². The van der Waals surface area contributed by atoms with E-state index in [4.69, 9.17) is 0 Å². The van der Waals surface area contributed by atoms with E-state index in [0.717, 1.165) is 0 Å². The predicted octanol–water partition coefficient (Wildman–Crippen LogP) is 1.47. The minimum absolute atomic E-state index is 0.0988. The van der Waals surface area contributed by atoms with E-state index in [-0.39, 0.29) is 23.1 Å². The number of pyridine rings is 1. The molecule has 0 bridgehead atoms. The summed E-state index contributed by atoms with van der Waals surface area (Å²) in [6, 6.07) is 7.28. The molecule has 1 unspecified atom stereocenters. The van der Waals surface area contributed by atoms with Gasteiger partial charge in [-0.1, -0.05) is 6.07 Å². The van der Waals surface area contributed by atoms with Crippen LogP contribution in [0.1, 0.15) is 21.3 Å². The molecule has 0 aliphatic heterocycles. The third-order valence-corrected chi connectivity index (χ3v) is 3.99. The number of amides is 1. The summed E-state index contributed by atoms with van der Waals surface area (Å²) in [6.45, 7) is 0.459. The summed E-state index contributed by atoms with van der Waals surface area (Å²) >= 11 is 1.65. The number of carbonyl (C=O) groups excluding carboxylic acids is 1. The van der Waals surface area contributed by atoms with Gasteiger partial charge >= 0.3 is 0 Å². The quantitative estimate of drug-likeness (QED) is 0.877. The van der Waals surface area contributed by atoms with Gasteiger partial charge in [0.15, 0.2) is 0 Å². The Kier molecular flexibility index (Phi) is 4.70. The van der Waals surface area contributed by atoms with E-state index < -0.39 is 0 Å². The zero-order chi connectivity index (χ0) is 14.5. The van der Waals surface area contributed by atoms with E-state index in [0.29, 0.717) is 6.54 Å². The first kappa shape index (κ1) is 14.5. The number of rotatable bonds is 5. The van der Waals surface area contributed by atoms with E-state index in [1.54, 1.807) is 17.4 Å². The van der Waals surface area contributed by atoms with Crippen LogP contribution in [0.5, 0.6) is 0 Å². The summed E-state index contributed by atoms with van der Waals surface area (Å²) in [5, 5.41) is 4.83. The van der Waals surface area contributed by atoms with Crippen molar-refractivity contribution in [2.45, 2.75) is 6.04 Å². The van der Waals surface area contributed by atoms with Crippen molar-refractivity contribution in [1.82, 2.24) is 15.2 Å². The fourth-order valence-corrected chi connectivity index (χ4v) is 2.83. The molecule has 20 heavy (non-hydrogen) atoms. The average Bonchev–Trinajstić information content (AvgIpc) is 2.92. The second kappa shape index (κ2) is 6.49. The van der Waals surface area contributed by atoms with Gasteiger partial charge in [0.05, 0.1) is 6.04 Å². The van der Waals surface area contributed by atoms with Gasteiger partial charge in [-0.25, -0.2) is 0 Å². The summed E-state index contributed by atoms with van der Waals surface area (Å²) in [5.41, 5.74) is -0.237. The summed E-state index contributed by atoms with van der Waals surface area (Å²) < 4.78 is 0. The lowest BCUT2D eigenvalue weighted by molar-refractivity contribution is 0.0940. The molecule has 6 heteroatoms. The Morgan fingerprint density at radius 1 is 1.40 bits per heavy atom. The van der Waals surface area contributed by atoms with Crippen molar-refractivity contribution in [3.05, 3.63) is 56.6 Å². The lowest BCUT2D eigenvalue weighted by atomic mass is 10.2. The van der Waals surface area contributed by atoms with Gasteiger partial charge < -0.3 is 15.2 Å². The molecule has 1 atom stereocenters. The van der Waals surface area contributed by atoms with Crippen LogP contribution in [0, 0.1) is 0 Å². The maximum Gasteiger partial charge on any atom is 0.260 e. The standard InChI is InChI=1S/C14H17N3O2S/c1-17(2)11(12-6-4-8-20-12)9-16-14(19)10-5-3-7-15-13(10)18/h3-8,11H,9H2,1-2H3,(H,15,18)(H,16,19). The molecular weight excluding hydrogens is 274 g/mol. The second-order valence-electron chi connectivity index (χ2n) is 4.62. The highest BCUT2D eigenvalue weighted by molar-refractivity contribution is 7.10. The maximum absolute atomic E-state index is 12.0. The van der Waals surface area contributed by atoms with Crippen LogP contribution in [0.4, 0.5) is 0 Å². The van der Waals surface area contributed by atoms with Gasteiger partial charge in [0.2, 0.25) is 0 Å². The van der Waals surface area contributed by atoms with Crippen LogP contribution < -0.4 is 10.9 Å². The highest BCUT2D eigenvalue weighted by Crippen LogP contribution is 2.22. The molecule has 106 valence electrons. The van der Waals surface area contributed by atoms with Crippen LogP contribution in [0.25, 0.3) is 0 Å². The number of likely N-dealkylation sites (N-methyl/N-ethyl adjacent to an activating group) is 1. The van der Waals surface area contributed by atoms with Gasteiger partial charge in [0, 0.05) is 17.6 Å². The maximum atomic E-state index is 12.0. The van der Waals surface area contributed by atoms with E-state index in [2.05, 4.69) is 10.3 Å². The molecular formula is C14H17N3O2S. The van der Waals surface area contributed by atoms with Crippen molar-refractivity contribution >= 4 is 17.2 Å². The summed E-state index contributed by atoms with van der Waals surface area (Å²) in [6.07, 6.45) is 1.51. The van der Waals surface area contributed by atoms with Crippen LogP contribution in [0.2, 0.25) is 0 Å². The van der Waals surface area contributed by atoms with Crippen LogP contribution in [0.3, 0.4) is 0 Å². The van der Waals surface area contributed by atoms with E-state index in [1.165, 1.54) is 17.1 Å². The van der Waals surface area contributed by atoms with Gasteiger partial charge in [0.25, 0.3) is 11.5 Å². The molecule has 2 N–H and O–H groups in total.